The molecule has 0 saturated carbocycles. The lowest BCUT2D eigenvalue weighted by Gasteiger charge is -2.14. The summed E-state index contributed by atoms with van der Waals surface area (Å²) in [4.78, 5) is 11.9. The molecular weight excluding hydrogens is 228 g/mol. The fourth-order valence-corrected chi connectivity index (χ4v) is 1.95. The van der Waals surface area contributed by atoms with E-state index in [2.05, 4.69) is 16.7 Å². The second-order valence-corrected chi connectivity index (χ2v) is 4.52. The molecule has 0 spiro atoms. The summed E-state index contributed by atoms with van der Waals surface area (Å²) in [5.74, 6) is -0.196. The molecule has 0 saturated heterocycles. The Hall–Kier alpha value is -1.81. The van der Waals surface area contributed by atoms with Crippen molar-refractivity contribution in [2.45, 2.75) is 13.3 Å². The first-order valence-electron chi connectivity index (χ1n) is 6.13. The fraction of sp³-hybridized carbons (Fsp3) is 0.357. The molecule has 0 atom stereocenters. The predicted octanol–water partition coefficient (Wildman–Crippen LogP) is 1.35. The summed E-state index contributed by atoms with van der Waals surface area (Å²) >= 11 is 0. The van der Waals surface area contributed by atoms with Crippen LogP contribution in [-0.4, -0.2) is 30.6 Å². The Balaban J connectivity index is 1.97. The Kier molecular flexibility index (Phi) is 3.99. The number of phenolic OH excluding ortho intramolecular Hbond substituents is 1. The number of carbonyl (C=O) groups excluding carboxylic acids is 1. The molecule has 0 fully saturated rings. The van der Waals surface area contributed by atoms with Crippen molar-refractivity contribution >= 4 is 5.91 Å². The topological polar surface area (TPSA) is 61.4 Å². The molecule has 1 aliphatic heterocycles. The molecule has 1 aliphatic rings. The van der Waals surface area contributed by atoms with Crippen molar-refractivity contribution in [1.82, 2.24) is 10.6 Å². The molecule has 96 valence electrons. The molecule has 4 heteroatoms. The molecule has 1 aromatic carbocycles. The highest BCUT2D eigenvalue weighted by molar-refractivity contribution is 5.97. The van der Waals surface area contributed by atoms with Gasteiger partial charge in [0.1, 0.15) is 5.75 Å². The van der Waals surface area contributed by atoms with E-state index in [-0.39, 0.29) is 11.7 Å². The first-order chi connectivity index (χ1) is 8.66. The fourth-order valence-electron chi connectivity index (χ4n) is 1.95. The van der Waals surface area contributed by atoms with Gasteiger partial charge in [0.2, 0.25) is 0 Å². The highest BCUT2D eigenvalue weighted by Crippen LogP contribution is 2.18. The van der Waals surface area contributed by atoms with Gasteiger partial charge in [-0.2, -0.15) is 0 Å². The van der Waals surface area contributed by atoms with Gasteiger partial charge in [-0.05, 0) is 37.6 Å². The van der Waals surface area contributed by atoms with Crippen LogP contribution in [0.5, 0.6) is 5.75 Å². The van der Waals surface area contributed by atoms with Crippen molar-refractivity contribution in [3.05, 3.63) is 41.0 Å². The Bertz CT molecular complexity index is 481. The highest BCUT2D eigenvalue weighted by Gasteiger charge is 2.11. The molecule has 0 aromatic heterocycles. The number of nitrogens with one attached hydrogen (secondary N) is 2. The van der Waals surface area contributed by atoms with Crippen LogP contribution in [-0.2, 0) is 0 Å². The standard InChI is InChI=1S/C14H18N2O2/c1-10-2-3-12(13(17)8-10)14(18)16-9-11-4-6-15-7-5-11/h2-4,8,15,17H,5-7,9H2,1H3,(H,16,18). The van der Waals surface area contributed by atoms with Gasteiger partial charge in [0.15, 0.2) is 0 Å². The quantitative estimate of drug-likeness (QED) is 0.705. The smallest absolute Gasteiger partial charge is 0.255 e. The minimum Gasteiger partial charge on any atom is -0.507 e. The van der Waals surface area contributed by atoms with E-state index in [0.29, 0.717) is 12.1 Å². The van der Waals surface area contributed by atoms with Crippen molar-refractivity contribution in [2.75, 3.05) is 19.6 Å². The summed E-state index contributed by atoms with van der Waals surface area (Å²) in [5, 5.41) is 15.8. The summed E-state index contributed by atoms with van der Waals surface area (Å²) in [6.45, 7) is 4.24. The number of hydrogen-bond acceptors (Lipinski definition) is 3. The van der Waals surface area contributed by atoms with Crippen LogP contribution >= 0.6 is 0 Å². The van der Waals surface area contributed by atoms with Crippen molar-refractivity contribution in [1.29, 1.82) is 0 Å². The van der Waals surface area contributed by atoms with Crippen LogP contribution < -0.4 is 10.6 Å². The molecule has 1 heterocycles. The molecule has 1 amide bonds. The van der Waals surface area contributed by atoms with Gasteiger partial charge in [-0.15, -0.1) is 0 Å². The minimum absolute atomic E-state index is 0.0341. The largest absolute Gasteiger partial charge is 0.507 e. The van der Waals surface area contributed by atoms with Gasteiger partial charge in [-0.3, -0.25) is 4.79 Å². The minimum atomic E-state index is -0.230. The second kappa shape index (κ2) is 5.69. The van der Waals surface area contributed by atoms with Crippen LogP contribution in [0.2, 0.25) is 0 Å². The van der Waals surface area contributed by atoms with Crippen LogP contribution in [0.4, 0.5) is 0 Å². The Morgan fingerprint density at radius 1 is 1.50 bits per heavy atom. The Morgan fingerprint density at radius 3 is 3.00 bits per heavy atom. The average molecular weight is 246 g/mol. The predicted molar refractivity (Wildman–Crippen MR) is 70.7 cm³/mol. The highest BCUT2D eigenvalue weighted by atomic mass is 16.3. The van der Waals surface area contributed by atoms with Gasteiger partial charge in [-0.25, -0.2) is 0 Å². The van der Waals surface area contributed by atoms with E-state index in [1.807, 2.05) is 13.0 Å². The number of hydrogen-bond donors (Lipinski definition) is 3. The van der Waals surface area contributed by atoms with Crippen molar-refractivity contribution in [2.24, 2.45) is 0 Å². The number of aromatic hydroxyl groups is 1. The Labute approximate surface area is 107 Å². The molecule has 1 aromatic rings. The zero-order valence-electron chi connectivity index (χ0n) is 10.5. The van der Waals surface area contributed by atoms with Crippen LogP contribution in [0.15, 0.2) is 29.8 Å². The van der Waals surface area contributed by atoms with Crippen molar-refractivity contribution in [3.63, 3.8) is 0 Å². The number of aryl methyl sites for hydroxylation is 1. The molecular formula is C14H18N2O2. The number of amides is 1. The maximum atomic E-state index is 11.9. The van der Waals surface area contributed by atoms with Gasteiger partial charge in [0.05, 0.1) is 5.56 Å². The summed E-state index contributed by atoms with van der Waals surface area (Å²) in [5.41, 5.74) is 2.49. The van der Waals surface area contributed by atoms with Crippen LogP contribution in [0.25, 0.3) is 0 Å². The maximum Gasteiger partial charge on any atom is 0.255 e. The van der Waals surface area contributed by atoms with Crippen LogP contribution in [0.1, 0.15) is 22.3 Å². The third kappa shape index (κ3) is 3.11. The van der Waals surface area contributed by atoms with Gasteiger partial charge >= 0.3 is 0 Å². The Morgan fingerprint density at radius 2 is 2.33 bits per heavy atom. The molecule has 2 rings (SSSR count). The lowest BCUT2D eigenvalue weighted by Crippen LogP contribution is -2.29. The number of carbonyl (C=O) groups is 1. The van der Waals surface area contributed by atoms with E-state index in [4.69, 9.17) is 0 Å². The van der Waals surface area contributed by atoms with Gasteiger partial charge < -0.3 is 15.7 Å². The zero-order valence-corrected chi connectivity index (χ0v) is 10.5. The first-order valence-corrected chi connectivity index (χ1v) is 6.13. The second-order valence-electron chi connectivity index (χ2n) is 4.52. The van der Waals surface area contributed by atoms with Crippen molar-refractivity contribution < 1.29 is 9.90 Å². The molecule has 0 radical (unpaired) electrons. The first kappa shape index (κ1) is 12.6. The number of phenols is 1. The summed E-state index contributed by atoms with van der Waals surface area (Å²) < 4.78 is 0. The third-order valence-corrected chi connectivity index (χ3v) is 3.03. The summed E-state index contributed by atoms with van der Waals surface area (Å²) in [6, 6.07) is 5.06. The monoisotopic (exact) mass is 246 g/mol. The molecule has 0 aliphatic carbocycles. The molecule has 18 heavy (non-hydrogen) atoms. The van der Waals surface area contributed by atoms with Gasteiger partial charge in [0, 0.05) is 13.1 Å². The molecule has 4 nitrogen and oxygen atoms in total. The van der Waals surface area contributed by atoms with E-state index in [9.17, 15) is 9.90 Å². The van der Waals surface area contributed by atoms with Crippen molar-refractivity contribution in [3.8, 4) is 5.75 Å². The van der Waals surface area contributed by atoms with Crippen LogP contribution in [0, 0.1) is 6.92 Å². The number of benzene rings is 1. The van der Waals surface area contributed by atoms with Crippen LogP contribution in [0.3, 0.4) is 0 Å². The lowest BCUT2D eigenvalue weighted by atomic mass is 10.1. The van der Waals surface area contributed by atoms with E-state index in [0.717, 1.165) is 25.1 Å². The summed E-state index contributed by atoms with van der Waals surface area (Å²) in [6.07, 6.45) is 3.05. The van der Waals surface area contributed by atoms with Gasteiger partial charge in [0.25, 0.3) is 5.91 Å². The SMILES string of the molecule is Cc1ccc(C(=O)NCC2=CCNCC2)c(O)c1. The molecule has 0 bridgehead atoms. The zero-order chi connectivity index (χ0) is 13.0. The van der Waals surface area contributed by atoms with E-state index >= 15 is 0 Å². The normalized spacial score (nSPS) is 15.1. The van der Waals surface area contributed by atoms with Gasteiger partial charge in [-0.1, -0.05) is 17.7 Å². The van der Waals surface area contributed by atoms with E-state index in [1.54, 1.807) is 12.1 Å². The lowest BCUT2D eigenvalue weighted by molar-refractivity contribution is 0.0954. The van der Waals surface area contributed by atoms with E-state index in [1.165, 1.54) is 5.57 Å². The molecule has 3 N–H and O–H groups in total. The molecule has 0 unspecified atom stereocenters. The van der Waals surface area contributed by atoms with E-state index < -0.39 is 0 Å². The third-order valence-electron chi connectivity index (χ3n) is 3.03. The maximum absolute atomic E-state index is 11.9. The number of rotatable bonds is 3. The summed E-state index contributed by atoms with van der Waals surface area (Å²) in [7, 11) is 0. The average Bonchev–Trinajstić information content (AvgIpc) is 2.37.